The van der Waals surface area contributed by atoms with Gasteiger partial charge in [-0.25, -0.2) is 0 Å². The van der Waals surface area contributed by atoms with Crippen LogP contribution >= 0.6 is 0 Å². The number of anilines is 1. The second-order valence-electron chi connectivity index (χ2n) is 5.41. The lowest BCUT2D eigenvalue weighted by molar-refractivity contribution is -0.119. The zero-order valence-corrected chi connectivity index (χ0v) is 12.3. The molecule has 108 valence electrons. The molecule has 0 aliphatic carbocycles. The third kappa shape index (κ3) is 2.67. The minimum Gasteiger partial charge on any atom is -0.315 e. The molecule has 0 spiro atoms. The summed E-state index contributed by atoms with van der Waals surface area (Å²) in [5.41, 5.74) is 3.14. The first-order chi connectivity index (χ1) is 10.2. The van der Waals surface area contributed by atoms with E-state index in [-0.39, 0.29) is 18.0 Å². The Morgan fingerprint density at radius 3 is 2.76 bits per heavy atom. The van der Waals surface area contributed by atoms with E-state index in [1.807, 2.05) is 43.4 Å². The number of fused-ring (bicyclic) bond motifs is 1. The fourth-order valence-corrected chi connectivity index (χ4v) is 2.81. The number of pyridine rings is 1. The molecule has 2 atom stereocenters. The zero-order chi connectivity index (χ0) is 14.8. The summed E-state index contributed by atoms with van der Waals surface area (Å²) in [6.07, 6.45) is 2.27. The quantitative estimate of drug-likeness (QED) is 0.941. The Kier molecular flexibility index (Phi) is 3.71. The monoisotopic (exact) mass is 281 g/mol. The standard InChI is InChI=1S/C17H19N3O/c1-12(14-8-5-6-10-18-14)19-15-11-17(21)20(2)16-9-4-3-7-13(15)16/h3-10,12,15,19H,11H2,1-2H3/t12-,15?/m1/s1. The van der Waals surface area contributed by atoms with Crippen molar-refractivity contribution < 1.29 is 4.79 Å². The topological polar surface area (TPSA) is 45.2 Å². The van der Waals surface area contributed by atoms with E-state index < -0.39 is 0 Å². The van der Waals surface area contributed by atoms with Crippen molar-refractivity contribution in [2.75, 3.05) is 11.9 Å². The largest absolute Gasteiger partial charge is 0.315 e. The van der Waals surface area contributed by atoms with Crippen molar-refractivity contribution in [3.05, 3.63) is 59.9 Å². The Labute approximate surface area is 124 Å². The van der Waals surface area contributed by atoms with Crippen LogP contribution in [0, 0.1) is 0 Å². The molecule has 0 saturated heterocycles. The lowest BCUT2D eigenvalue weighted by atomic mass is 9.95. The molecular weight excluding hydrogens is 262 g/mol. The van der Waals surface area contributed by atoms with Gasteiger partial charge in [0.05, 0.1) is 5.69 Å². The van der Waals surface area contributed by atoms with Gasteiger partial charge in [-0.2, -0.15) is 0 Å². The summed E-state index contributed by atoms with van der Waals surface area (Å²) in [6.45, 7) is 2.08. The molecule has 2 heterocycles. The Morgan fingerprint density at radius 2 is 2.00 bits per heavy atom. The number of nitrogens with zero attached hydrogens (tertiary/aromatic N) is 2. The van der Waals surface area contributed by atoms with Gasteiger partial charge in [0.1, 0.15) is 0 Å². The Morgan fingerprint density at radius 1 is 1.24 bits per heavy atom. The van der Waals surface area contributed by atoms with Crippen molar-refractivity contribution in [1.82, 2.24) is 10.3 Å². The van der Waals surface area contributed by atoms with Gasteiger partial charge in [-0.1, -0.05) is 24.3 Å². The van der Waals surface area contributed by atoms with Gasteiger partial charge in [0.2, 0.25) is 5.91 Å². The summed E-state index contributed by atoms with van der Waals surface area (Å²) < 4.78 is 0. The number of carbonyl (C=O) groups is 1. The van der Waals surface area contributed by atoms with E-state index in [0.29, 0.717) is 6.42 Å². The first kappa shape index (κ1) is 13.8. The van der Waals surface area contributed by atoms with Crippen LogP contribution in [0.25, 0.3) is 0 Å². The molecule has 21 heavy (non-hydrogen) atoms. The van der Waals surface area contributed by atoms with Crippen molar-refractivity contribution in [1.29, 1.82) is 0 Å². The molecule has 3 rings (SSSR count). The summed E-state index contributed by atoms with van der Waals surface area (Å²) in [7, 11) is 1.83. The molecule has 0 radical (unpaired) electrons. The SMILES string of the molecule is C[C@@H](NC1CC(=O)N(C)c2ccccc21)c1ccccn1. The van der Waals surface area contributed by atoms with Crippen molar-refractivity contribution >= 4 is 11.6 Å². The number of amides is 1. The lowest BCUT2D eigenvalue weighted by Crippen LogP contribution is -2.38. The Hall–Kier alpha value is -2.20. The molecule has 4 nitrogen and oxygen atoms in total. The fraction of sp³-hybridized carbons (Fsp3) is 0.294. The van der Waals surface area contributed by atoms with E-state index in [4.69, 9.17) is 0 Å². The van der Waals surface area contributed by atoms with Gasteiger partial charge in [0.25, 0.3) is 0 Å². The lowest BCUT2D eigenvalue weighted by Gasteiger charge is -2.33. The molecule has 2 aromatic rings. The average Bonchev–Trinajstić information content (AvgIpc) is 2.53. The maximum atomic E-state index is 12.2. The molecule has 1 aromatic carbocycles. The molecule has 1 aromatic heterocycles. The third-order valence-electron chi connectivity index (χ3n) is 4.01. The highest BCUT2D eigenvalue weighted by atomic mass is 16.2. The third-order valence-corrected chi connectivity index (χ3v) is 4.01. The normalized spacial score (nSPS) is 19.2. The number of rotatable bonds is 3. The number of aromatic nitrogens is 1. The van der Waals surface area contributed by atoms with Crippen LogP contribution in [0.1, 0.15) is 36.7 Å². The maximum absolute atomic E-state index is 12.2. The summed E-state index contributed by atoms with van der Waals surface area (Å²) in [4.78, 5) is 18.3. The highest BCUT2D eigenvalue weighted by Gasteiger charge is 2.29. The summed E-state index contributed by atoms with van der Waals surface area (Å²) in [6, 6.07) is 14.1. The van der Waals surface area contributed by atoms with Crippen LogP contribution in [0.5, 0.6) is 0 Å². The number of hydrogen-bond acceptors (Lipinski definition) is 3. The molecule has 0 saturated carbocycles. The van der Waals surface area contributed by atoms with Crippen LogP contribution < -0.4 is 10.2 Å². The van der Waals surface area contributed by atoms with Crippen molar-refractivity contribution in [2.24, 2.45) is 0 Å². The fourth-order valence-electron chi connectivity index (χ4n) is 2.81. The summed E-state index contributed by atoms with van der Waals surface area (Å²) in [5.74, 6) is 0.138. The maximum Gasteiger partial charge on any atom is 0.228 e. The highest BCUT2D eigenvalue weighted by Crippen LogP contribution is 2.34. The van der Waals surface area contributed by atoms with Crippen LogP contribution in [-0.2, 0) is 4.79 Å². The second kappa shape index (κ2) is 5.66. The molecule has 1 N–H and O–H groups in total. The van der Waals surface area contributed by atoms with Gasteiger partial charge < -0.3 is 10.2 Å². The number of benzene rings is 1. The van der Waals surface area contributed by atoms with Gasteiger partial charge in [-0.15, -0.1) is 0 Å². The average molecular weight is 281 g/mol. The number of carbonyl (C=O) groups excluding carboxylic acids is 1. The van der Waals surface area contributed by atoms with E-state index in [9.17, 15) is 4.79 Å². The number of para-hydroxylation sites is 1. The van der Waals surface area contributed by atoms with Crippen molar-refractivity contribution in [3.8, 4) is 0 Å². The summed E-state index contributed by atoms with van der Waals surface area (Å²) in [5, 5.41) is 3.53. The first-order valence-electron chi connectivity index (χ1n) is 7.19. The summed E-state index contributed by atoms with van der Waals surface area (Å²) >= 11 is 0. The Bertz CT molecular complexity index is 641. The van der Waals surface area contributed by atoms with Gasteiger partial charge in [0, 0.05) is 37.4 Å². The molecule has 1 unspecified atom stereocenters. The highest BCUT2D eigenvalue weighted by molar-refractivity contribution is 5.96. The minimum atomic E-state index is 0.0295. The molecular formula is C17H19N3O. The van der Waals surface area contributed by atoms with E-state index in [2.05, 4.69) is 23.3 Å². The van der Waals surface area contributed by atoms with E-state index in [1.165, 1.54) is 5.56 Å². The van der Waals surface area contributed by atoms with Gasteiger partial charge in [-0.05, 0) is 30.7 Å². The smallest absolute Gasteiger partial charge is 0.228 e. The minimum absolute atomic E-state index is 0.0295. The molecule has 1 aliphatic rings. The van der Waals surface area contributed by atoms with Crippen LogP contribution in [0.2, 0.25) is 0 Å². The van der Waals surface area contributed by atoms with E-state index in [1.54, 1.807) is 11.1 Å². The van der Waals surface area contributed by atoms with Gasteiger partial charge in [0.15, 0.2) is 0 Å². The Balaban J connectivity index is 1.86. The molecule has 4 heteroatoms. The van der Waals surface area contributed by atoms with Gasteiger partial charge >= 0.3 is 0 Å². The van der Waals surface area contributed by atoms with Crippen LogP contribution in [0.3, 0.4) is 0 Å². The van der Waals surface area contributed by atoms with Crippen LogP contribution in [-0.4, -0.2) is 17.9 Å². The number of nitrogens with one attached hydrogen (secondary N) is 1. The predicted molar refractivity (Wildman–Crippen MR) is 83.0 cm³/mol. The number of hydrogen-bond donors (Lipinski definition) is 1. The second-order valence-corrected chi connectivity index (χ2v) is 5.41. The van der Waals surface area contributed by atoms with E-state index in [0.717, 1.165) is 11.4 Å². The van der Waals surface area contributed by atoms with Crippen molar-refractivity contribution in [2.45, 2.75) is 25.4 Å². The first-order valence-corrected chi connectivity index (χ1v) is 7.19. The predicted octanol–water partition coefficient (Wildman–Crippen LogP) is 2.84. The van der Waals surface area contributed by atoms with Crippen LogP contribution in [0.15, 0.2) is 48.7 Å². The molecule has 1 aliphatic heterocycles. The molecule has 0 bridgehead atoms. The van der Waals surface area contributed by atoms with Crippen LogP contribution in [0.4, 0.5) is 5.69 Å². The molecule has 0 fully saturated rings. The zero-order valence-electron chi connectivity index (χ0n) is 12.3. The van der Waals surface area contributed by atoms with Crippen molar-refractivity contribution in [3.63, 3.8) is 0 Å². The van der Waals surface area contributed by atoms with E-state index >= 15 is 0 Å². The van der Waals surface area contributed by atoms with Gasteiger partial charge in [-0.3, -0.25) is 9.78 Å². The molecule has 1 amide bonds.